The van der Waals surface area contributed by atoms with Gasteiger partial charge in [-0.05, 0) is 71.2 Å². The van der Waals surface area contributed by atoms with E-state index in [1.54, 1.807) is 18.2 Å². The van der Waals surface area contributed by atoms with Crippen LogP contribution in [0.25, 0.3) is 0 Å². The topological polar surface area (TPSA) is 66.4 Å². The fourth-order valence-corrected chi connectivity index (χ4v) is 2.27. The molecule has 0 radical (unpaired) electrons. The summed E-state index contributed by atoms with van der Waals surface area (Å²) in [5.41, 5.74) is 3.23. The van der Waals surface area contributed by atoms with Crippen LogP contribution < -0.4 is 5.32 Å². The zero-order chi connectivity index (χ0) is 15.6. The van der Waals surface area contributed by atoms with Gasteiger partial charge in [-0.1, -0.05) is 6.07 Å². The summed E-state index contributed by atoms with van der Waals surface area (Å²) in [7, 11) is 0. The molecule has 0 spiro atoms. The molecule has 0 fully saturated rings. The molecule has 2 aromatic rings. The number of amides is 1. The number of nitrogens with one attached hydrogen (secondary N) is 1. The smallest absolute Gasteiger partial charge is 0.336 e. The summed E-state index contributed by atoms with van der Waals surface area (Å²) in [5, 5.41) is 11.8. The van der Waals surface area contributed by atoms with E-state index in [1.165, 1.54) is 6.07 Å². The van der Waals surface area contributed by atoms with Crippen molar-refractivity contribution in [1.82, 2.24) is 0 Å². The number of rotatable bonds is 3. The van der Waals surface area contributed by atoms with Crippen LogP contribution in [0.1, 0.15) is 31.8 Å². The van der Waals surface area contributed by atoms with Crippen LogP contribution >= 0.6 is 15.9 Å². The third-order valence-corrected chi connectivity index (χ3v) is 3.92. The molecule has 0 aliphatic carbocycles. The highest BCUT2D eigenvalue weighted by Gasteiger charge is 2.12. The monoisotopic (exact) mass is 347 g/mol. The number of halogens is 1. The zero-order valence-electron chi connectivity index (χ0n) is 11.6. The minimum atomic E-state index is -1.05. The molecule has 21 heavy (non-hydrogen) atoms. The summed E-state index contributed by atoms with van der Waals surface area (Å²) in [5.74, 6) is -1.32. The molecule has 4 nitrogen and oxygen atoms in total. The van der Waals surface area contributed by atoms with Gasteiger partial charge in [0.2, 0.25) is 0 Å². The second-order valence-electron chi connectivity index (χ2n) is 4.75. The number of hydrogen-bond donors (Lipinski definition) is 2. The van der Waals surface area contributed by atoms with Gasteiger partial charge >= 0.3 is 5.97 Å². The zero-order valence-corrected chi connectivity index (χ0v) is 13.2. The van der Waals surface area contributed by atoms with E-state index >= 15 is 0 Å². The van der Waals surface area contributed by atoms with Crippen molar-refractivity contribution < 1.29 is 14.7 Å². The minimum Gasteiger partial charge on any atom is -0.478 e. The van der Waals surface area contributed by atoms with Gasteiger partial charge in [0.15, 0.2) is 0 Å². The number of carbonyl (C=O) groups excluding carboxylic acids is 1. The number of carboxylic acid groups (broad SMARTS) is 1. The van der Waals surface area contributed by atoms with Crippen LogP contribution in [-0.4, -0.2) is 17.0 Å². The molecular weight excluding hydrogens is 334 g/mol. The summed E-state index contributed by atoms with van der Waals surface area (Å²) < 4.78 is 0.471. The van der Waals surface area contributed by atoms with Gasteiger partial charge in [0.05, 0.1) is 5.56 Å². The summed E-state index contributed by atoms with van der Waals surface area (Å²) in [4.78, 5) is 23.2. The van der Waals surface area contributed by atoms with Crippen LogP contribution in [-0.2, 0) is 0 Å². The lowest BCUT2D eigenvalue weighted by molar-refractivity contribution is 0.0695. The van der Waals surface area contributed by atoms with Gasteiger partial charge < -0.3 is 10.4 Å². The average Bonchev–Trinajstić information content (AvgIpc) is 2.43. The molecule has 5 heteroatoms. The van der Waals surface area contributed by atoms with Gasteiger partial charge in [-0.15, -0.1) is 0 Å². The molecule has 0 atom stereocenters. The maximum Gasteiger partial charge on any atom is 0.336 e. The first kappa shape index (κ1) is 15.3. The second kappa shape index (κ2) is 6.10. The normalized spacial score (nSPS) is 10.2. The molecular formula is C16H14BrNO3. The Kier molecular flexibility index (Phi) is 4.43. The van der Waals surface area contributed by atoms with Crippen molar-refractivity contribution in [3.63, 3.8) is 0 Å². The highest BCUT2D eigenvalue weighted by molar-refractivity contribution is 9.10. The summed E-state index contributed by atoms with van der Waals surface area (Å²) in [6.07, 6.45) is 0. The maximum absolute atomic E-state index is 12.2. The van der Waals surface area contributed by atoms with E-state index in [0.717, 1.165) is 11.1 Å². The SMILES string of the molecule is Cc1ccc(C(=O)Nc2ccc(Br)c(C(=O)O)c2)cc1C. The Hall–Kier alpha value is -2.14. The van der Waals surface area contributed by atoms with Gasteiger partial charge in [-0.2, -0.15) is 0 Å². The van der Waals surface area contributed by atoms with Crippen molar-refractivity contribution in [3.8, 4) is 0 Å². The largest absolute Gasteiger partial charge is 0.478 e. The first-order valence-corrected chi connectivity index (χ1v) is 7.09. The quantitative estimate of drug-likeness (QED) is 0.881. The highest BCUT2D eigenvalue weighted by Crippen LogP contribution is 2.22. The molecule has 0 bridgehead atoms. The first-order valence-electron chi connectivity index (χ1n) is 6.30. The molecule has 0 aliphatic rings. The van der Waals surface area contributed by atoms with Gasteiger partial charge in [0.1, 0.15) is 0 Å². The lowest BCUT2D eigenvalue weighted by atomic mass is 10.1. The Balaban J connectivity index is 2.25. The van der Waals surface area contributed by atoms with E-state index in [-0.39, 0.29) is 11.5 Å². The van der Waals surface area contributed by atoms with Crippen molar-refractivity contribution >= 4 is 33.5 Å². The number of anilines is 1. The molecule has 0 saturated carbocycles. The van der Waals surface area contributed by atoms with Crippen molar-refractivity contribution in [2.45, 2.75) is 13.8 Å². The number of aryl methyl sites for hydroxylation is 2. The summed E-state index contributed by atoms with van der Waals surface area (Å²) >= 11 is 3.17. The molecule has 0 saturated heterocycles. The van der Waals surface area contributed by atoms with Crippen LogP contribution in [0.3, 0.4) is 0 Å². The van der Waals surface area contributed by atoms with E-state index in [0.29, 0.717) is 15.7 Å². The van der Waals surface area contributed by atoms with Gasteiger partial charge in [-0.3, -0.25) is 4.79 Å². The van der Waals surface area contributed by atoms with Crippen LogP contribution in [0.15, 0.2) is 40.9 Å². The number of carbonyl (C=O) groups is 2. The molecule has 2 aromatic carbocycles. The Labute approximate surface area is 130 Å². The Morgan fingerprint density at radius 3 is 2.38 bits per heavy atom. The molecule has 0 aromatic heterocycles. The van der Waals surface area contributed by atoms with Crippen LogP contribution in [0, 0.1) is 13.8 Å². The fraction of sp³-hybridized carbons (Fsp3) is 0.125. The van der Waals surface area contributed by atoms with Crippen molar-refractivity contribution in [3.05, 3.63) is 63.1 Å². The van der Waals surface area contributed by atoms with E-state index in [1.807, 2.05) is 26.0 Å². The summed E-state index contributed by atoms with van der Waals surface area (Å²) in [6, 6.07) is 10.1. The third-order valence-electron chi connectivity index (χ3n) is 3.22. The third kappa shape index (κ3) is 3.49. The molecule has 108 valence electrons. The van der Waals surface area contributed by atoms with E-state index in [2.05, 4.69) is 21.2 Å². The molecule has 2 N–H and O–H groups in total. The van der Waals surface area contributed by atoms with Crippen LogP contribution in [0.4, 0.5) is 5.69 Å². The Bertz CT molecular complexity index is 725. The van der Waals surface area contributed by atoms with E-state index in [4.69, 9.17) is 5.11 Å². The van der Waals surface area contributed by atoms with Crippen molar-refractivity contribution in [2.24, 2.45) is 0 Å². The number of aromatic carboxylic acids is 1. The molecule has 2 rings (SSSR count). The highest BCUT2D eigenvalue weighted by atomic mass is 79.9. The molecule has 0 heterocycles. The minimum absolute atomic E-state index is 0.105. The first-order chi connectivity index (χ1) is 9.88. The second-order valence-corrected chi connectivity index (χ2v) is 5.61. The van der Waals surface area contributed by atoms with Gasteiger partial charge in [0.25, 0.3) is 5.91 Å². The Morgan fingerprint density at radius 1 is 1.05 bits per heavy atom. The van der Waals surface area contributed by atoms with Gasteiger partial charge in [-0.25, -0.2) is 4.79 Å². The predicted molar refractivity (Wildman–Crippen MR) is 85.0 cm³/mol. The number of carboxylic acids is 1. The molecule has 0 unspecified atom stereocenters. The molecule has 1 amide bonds. The van der Waals surface area contributed by atoms with Crippen LogP contribution in [0.2, 0.25) is 0 Å². The lowest BCUT2D eigenvalue weighted by Gasteiger charge is -2.08. The van der Waals surface area contributed by atoms with Gasteiger partial charge in [0, 0.05) is 15.7 Å². The van der Waals surface area contributed by atoms with Crippen molar-refractivity contribution in [2.75, 3.05) is 5.32 Å². The standard InChI is InChI=1S/C16H14BrNO3/c1-9-3-4-11(7-10(9)2)15(19)18-12-5-6-14(17)13(8-12)16(20)21/h3-8H,1-2H3,(H,18,19)(H,20,21). The number of hydrogen-bond acceptors (Lipinski definition) is 2. The Morgan fingerprint density at radius 2 is 1.76 bits per heavy atom. The van der Waals surface area contributed by atoms with Crippen LogP contribution in [0.5, 0.6) is 0 Å². The number of benzene rings is 2. The summed E-state index contributed by atoms with van der Waals surface area (Å²) in [6.45, 7) is 3.92. The predicted octanol–water partition coefficient (Wildman–Crippen LogP) is 4.02. The van der Waals surface area contributed by atoms with E-state index in [9.17, 15) is 9.59 Å². The van der Waals surface area contributed by atoms with E-state index < -0.39 is 5.97 Å². The molecule has 0 aliphatic heterocycles. The average molecular weight is 348 g/mol. The fourth-order valence-electron chi connectivity index (χ4n) is 1.85. The maximum atomic E-state index is 12.2. The lowest BCUT2D eigenvalue weighted by Crippen LogP contribution is -2.13. The van der Waals surface area contributed by atoms with Crippen molar-refractivity contribution in [1.29, 1.82) is 0 Å².